The minimum Gasteiger partial charge on any atom is -0.481 e. The molecule has 1 aliphatic heterocycles. The third-order valence-corrected chi connectivity index (χ3v) is 4.81. The molecule has 0 saturated carbocycles. The summed E-state index contributed by atoms with van der Waals surface area (Å²) in [6.45, 7) is 3.60. The summed E-state index contributed by atoms with van der Waals surface area (Å²) in [7, 11) is 0. The lowest BCUT2D eigenvalue weighted by Gasteiger charge is -2.35. The highest BCUT2D eigenvalue weighted by Crippen LogP contribution is 2.33. The summed E-state index contributed by atoms with van der Waals surface area (Å²) in [5.74, 6) is -1.97. The number of allylic oxidation sites excluding steroid dienone is 1. The van der Waals surface area contributed by atoms with Crippen LogP contribution in [0.3, 0.4) is 0 Å². The fourth-order valence-electron chi connectivity index (χ4n) is 3.36. The number of aliphatic carboxylic acids is 1. The van der Waals surface area contributed by atoms with E-state index in [4.69, 9.17) is 9.84 Å². The molecule has 2 rings (SSSR count). The Kier molecular flexibility index (Phi) is 8.50. The number of hydrogen-bond acceptors (Lipinski definition) is 5. The van der Waals surface area contributed by atoms with Gasteiger partial charge in [-0.05, 0) is 44.4 Å². The highest BCUT2D eigenvalue weighted by atomic mass is 19.4. The van der Waals surface area contributed by atoms with Crippen LogP contribution in [0.4, 0.5) is 18.0 Å². The zero-order valence-electron chi connectivity index (χ0n) is 17.7. The van der Waals surface area contributed by atoms with Gasteiger partial charge in [-0.3, -0.25) is 9.69 Å². The van der Waals surface area contributed by atoms with Crippen LogP contribution in [-0.2, 0) is 14.3 Å². The Bertz CT molecular complexity index is 867. The number of unbranched alkanes of at least 4 members (excludes halogenated alkanes) is 2. The first-order chi connectivity index (χ1) is 15.0. The first kappa shape index (κ1) is 25.0. The molecule has 0 spiro atoms. The second kappa shape index (κ2) is 10.9. The average molecular weight is 458 g/mol. The van der Waals surface area contributed by atoms with Crippen LogP contribution in [0.15, 0.2) is 35.5 Å². The van der Waals surface area contributed by atoms with E-state index in [-0.39, 0.29) is 25.1 Å². The molecule has 0 saturated heterocycles. The van der Waals surface area contributed by atoms with Crippen molar-refractivity contribution in [2.75, 3.05) is 13.2 Å². The average Bonchev–Trinajstić information content (AvgIpc) is 2.68. The standard InChI is InChI=1S/C21H25F3N2O6/c1-3-31-19(29)17-13(2)26(12-6-4-5-7-16(27)28)20(30)25-18(17)14-8-10-15(11-9-14)32-21(22,23)24/h8-11,18H,3-7,12H2,1-2H3,(H,25,30)(H,27,28)/t18-/m1/s1. The Morgan fingerprint density at radius 3 is 2.38 bits per heavy atom. The van der Waals surface area contributed by atoms with E-state index in [1.54, 1.807) is 13.8 Å². The Morgan fingerprint density at radius 1 is 1.16 bits per heavy atom. The number of nitrogens with one attached hydrogen (secondary N) is 1. The molecule has 2 N–H and O–H groups in total. The Morgan fingerprint density at radius 2 is 1.81 bits per heavy atom. The predicted octanol–water partition coefficient (Wildman–Crippen LogP) is 4.13. The van der Waals surface area contributed by atoms with Crippen molar-refractivity contribution in [2.24, 2.45) is 0 Å². The number of carboxylic acid groups (broad SMARTS) is 1. The quantitative estimate of drug-likeness (QED) is 0.404. The number of esters is 1. The molecule has 0 radical (unpaired) electrons. The van der Waals surface area contributed by atoms with E-state index in [9.17, 15) is 27.6 Å². The van der Waals surface area contributed by atoms with Gasteiger partial charge < -0.3 is 19.9 Å². The molecule has 1 aromatic rings. The van der Waals surface area contributed by atoms with Crippen molar-refractivity contribution in [1.82, 2.24) is 10.2 Å². The van der Waals surface area contributed by atoms with Crippen LogP contribution >= 0.6 is 0 Å². The number of carbonyl (C=O) groups excluding carboxylic acids is 2. The molecule has 32 heavy (non-hydrogen) atoms. The maximum atomic E-state index is 12.7. The van der Waals surface area contributed by atoms with Gasteiger partial charge in [0.1, 0.15) is 5.75 Å². The molecule has 11 heteroatoms. The Labute approximate surface area is 183 Å². The molecule has 2 amide bonds. The van der Waals surface area contributed by atoms with Crippen molar-refractivity contribution in [3.05, 3.63) is 41.1 Å². The number of nitrogens with zero attached hydrogens (tertiary/aromatic N) is 1. The van der Waals surface area contributed by atoms with E-state index in [0.717, 1.165) is 12.1 Å². The van der Waals surface area contributed by atoms with Crippen molar-refractivity contribution in [2.45, 2.75) is 51.9 Å². The van der Waals surface area contributed by atoms with Gasteiger partial charge in [0.2, 0.25) is 0 Å². The monoisotopic (exact) mass is 458 g/mol. The van der Waals surface area contributed by atoms with Gasteiger partial charge in [-0.15, -0.1) is 13.2 Å². The van der Waals surface area contributed by atoms with Crippen molar-refractivity contribution in [1.29, 1.82) is 0 Å². The largest absolute Gasteiger partial charge is 0.573 e. The number of amides is 2. The molecular weight excluding hydrogens is 433 g/mol. The zero-order valence-corrected chi connectivity index (χ0v) is 17.7. The van der Waals surface area contributed by atoms with Crippen molar-refractivity contribution < 1.29 is 42.1 Å². The summed E-state index contributed by atoms with van der Waals surface area (Å²) in [5, 5.41) is 11.4. The zero-order chi connectivity index (χ0) is 23.9. The summed E-state index contributed by atoms with van der Waals surface area (Å²) in [5.41, 5.74) is 0.920. The number of benzene rings is 1. The normalized spacial score (nSPS) is 16.6. The molecule has 1 heterocycles. The second-order valence-corrected chi connectivity index (χ2v) is 7.07. The van der Waals surface area contributed by atoms with Crippen LogP contribution < -0.4 is 10.1 Å². The van der Waals surface area contributed by atoms with Gasteiger partial charge in [0, 0.05) is 18.7 Å². The number of ether oxygens (including phenoxy) is 2. The fraction of sp³-hybridized carbons (Fsp3) is 0.476. The molecule has 0 fully saturated rings. The molecule has 0 unspecified atom stereocenters. The van der Waals surface area contributed by atoms with Crippen LogP contribution in [0.25, 0.3) is 0 Å². The molecule has 0 bridgehead atoms. The second-order valence-electron chi connectivity index (χ2n) is 7.07. The van der Waals surface area contributed by atoms with Crippen LogP contribution in [0.1, 0.15) is 51.1 Å². The number of carboxylic acids is 1. The van der Waals surface area contributed by atoms with Gasteiger partial charge in [-0.2, -0.15) is 0 Å². The van der Waals surface area contributed by atoms with Gasteiger partial charge >= 0.3 is 24.3 Å². The predicted molar refractivity (Wildman–Crippen MR) is 107 cm³/mol. The van der Waals surface area contributed by atoms with Gasteiger partial charge in [-0.1, -0.05) is 18.6 Å². The Balaban J connectivity index is 2.25. The Hall–Kier alpha value is -3.24. The number of hydrogen-bond donors (Lipinski definition) is 2. The number of rotatable bonds is 10. The SMILES string of the molecule is CCOC(=O)C1=C(C)N(CCCCCC(=O)O)C(=O)N[C@@H]1c1ccc(OC(F)(F)F)cc1. The fourth-order valence-corrected chi connectivity index (χ4v) is 3.36. The lowest BCUT2D eigenvalue weighted by atomic mass is 9.94. The summed E-state index contributed by atoms with van der Waals surface area (Å²) in [6.07, 6.45) is -3.22. The third-order valence-electron chi connectivity index (χ3n) is 4.81. The van der Waals surface area contributed by atoms with Gasteiger partial charge in [-0.25, -0.2) is 9.59 Å². The summed E-state index contributed by atoms with van der Waals surface area (Å²) in [4.78, 5) is 37.3. The summed E-state index contributed by atoms with van der Waals surface area (Å²) < 4.78 is 46.2. The third kappa shape index (κ3) is 6.89. The molecule has 0 aromatic heterocycles. The van der Waals surface area contributed by atoms with Gasteiger partial charge in [0.25, 0.3) is 0 Å². The van der Waals surface area contributed by atoms with Gasteiger partial charge in [0.15, 0.2) is 0 Å². The highest BCUT2D eigenvalue weighted by Gasteiger charge is 2.36. The molecule has 8 nitrogen and oxygen atoms in total. The van der Waals surface area contributed by atoms with Crippen LogP contribution in [0.5, 0.6) is 5.75 Å². The minimum atomic E-state index is -4.84. The topological polar surface area (TPSA) is 105 Å². The first-order valence-corrected chi connectivity index (χ1v) is 10.1. The molecular formula is C21H25F3N2O6. The lowest BCUT2D eigenvalue weighted by molar-refractivity contribution is -0.274. The van der Waals surface area contributed by atoms with E-state index in [1.165, 1.54) is 17.0 Å². The van der Waals surface area contributed by atoms with Crippen LogP contribution in [0, 0.1) is 0 Å². The number of carbonyl (C=O) groups is 3. The molecule has 1 atom stereocenters. The minimum absolute atomic E-state index is 0.0330. The molecule has 1 aromatic carbocycles. The van der Waals surface area contributed by atoms with E-state index in [0.29, 0.717) is 30.5 Å². The van der Waals surface area contributed by atoms with E-state index in [1.807, 2.05) is 0 Å². The number of urea groups is 1. The number of alkyl halides is 3. The van der Waals surface area contributed by atoms with E-state index >= 15 is 0 Å². The summed E-state index contributed by atoms with van der Waals surface area (Å²) >= 11 is 0. The maximum absolute atomic E-state index is 12.7. The number of halogens is 3. The first-order valence-electron chi connectivity index (χ1n) is 10.1. The van der Waals surface area contributed by atoms with Crippen LogP contribution in [0.2, 0.25) is 0 Å². The van der Waals surface area contributed by atoms with Crippen molar-refractivity contribution in [3.63, 3.8) is 0 Å². The van der Waals surface area contributed by atoms with Crippen LogP contribution in [-0.4, -0.2) is 47.5 Å². The van der Waals surface area contributed by atoms with Gasteiger partial charge in [0.05, 0.1) is 18.2 Å². The summed E-state index contributed by atoms with van der Waals surface area (Å²) in [6, 6.07) is 3.48. The lowest BCUT2D eigenvalue weighted by Crippen LogP contribution is -2.48. The molecule has 176 valence electrons. The maximum Gasteiger partial charge on any atom is 0.573 e. The van der Waals surface area contributed by atoms with Crippen molar-refractivity contribution >= 4 is 18.0 Å². The van der Waals surface area contributed by atoms with E-state index in [2.05, 4.69) is 10.1 Å². The molecule has 1 aliphatic rings. The highest BCUT2D eigenvalue weighted by molar-refractivity contribution is 5.95. The van der Waals surface area contributed by atoms with E-state index < -0.39 is 36.1 Å². The molecule has 0 aliphatic carbocycles. The smallest absolute Gasteiger partial charge is 0.481 e. The van der Waals surface area contributed by atoms with Crippen molar-refractivity contribution in [3.8, 4) is 5.75 Å².